The smallest absolute Gasteiger partial charge is 0.188 e. The summed E-state index contributed by atoms with van der Waals surface area (Å²) >= 11 is 11.4. The minimum Gasteiger partial charge on any atom is -0.383 e. The van der Waals surface area contributed by atoms with Gasteiger partial charge < -0.3 is 4.90 Å². The summed E-state index contributed by atoms with van der Waals surface area (Å²) in [5.74, 6) is -0.158. The minimum absolute atomic E-state index is 0.158. The van der Waals surface area contributed by atoms with Crippen LogP contribution in [0.15, 0.2) is 24.5 Å². The Morgan fingerprint density at radius 1 is 1.47 bits per heavy atom. The van der Waals surface area contributed by atoms with E-state index in [1.54, 1.807) is 11.1 Å². The van der Waals surface area contributed by atoms with E-state index in [4.69, 9.17) is 23.2 Å². The van der Waals surface area contributed by atoms with E-state index in [0.29, 0.717) is 5.56 Å². The van der Waals surface area contributed by atoms with E-state index in [2.05, 4.69) is 4.98 Å². The first-order chi connectivity index (χ1) is 7.00. The second-order valence-corrected chi connectivity index (χ2v) is 3.91. The molecule has 1 aromatic rings. The highest BCUT2D eigenvalue weighted by molar-refractivity contribution is 6.41. The molecule has 1 aromatic heterocycles. The zero-order valence-electron chi connectivity index (χ0n) is 8.37. The van der Waals surface area contributed by atoms with Crippen LogP contribution in [0.25, 0.3) is 0 Å². The van der Waals surface area contributed by atoms with Crippen LogP contribution in [0.2, 0.25) is 10.2 Å². The lowest BCUT2D eigenvalue weighted by molar-refractivity contribution is 0.104. The number of nitrogens with zero attached hydrogens (tertiary/aromatic N) is 2. The van der Waals surface area contributed by atoms with E-state index < -0.39 is 0 Å². The number of hydrogen-bond donors (Lipinski definition) is 0. The average Bonchev–Trinajstić information content (AvgIpc) is 2.18. The van der Waals surface area contributed by atoms with Crippen LogP contribution in [-0.2, 0) is 0 Å². The van der Waals surface area contributed by atoms with Crippen molar-refractivity contribution in [3.63, 3.8) is 0 Å². The minimum atomic E-state index is -0.158. The summed E-state index contributed by atoms with van der Waals surface area (Å²) in [7, 11) is 3.66. The first-order valence-corrected chi connectivity index (χ1v) is 4.96. The molecule has 0 saturated carbocycles. The molecular formula is C10H10Cl2N2O. The number of pyridine rings is 1. The average molecular weight is 245 g/mol. The fraction of sp³-hybridized carbons (Fsp3) is 0.200. The number of rotatable bonds is 3. The van der Waals surface area contributed by atoms with Crippen LogP contribution >= 0.6 is 23.2 Å². The third kappa shape index (κ3) is 3.53. The third-order valence-electron chi connectivity index (χ3n) is 1.60. The van der Waals surface area contributed by atoms with Gasteiger partial charge in [0.2, 0.25) is 0 Å². The standard InChI is InChI=1S/C10H10Cl2N2O/c1-14(2)4-3-9(15)7-5-8(11)10(12)13-6-7/h3-6H,1-2H3/b4-3+. The van der Waals surface area contributed by atoms with E-state index >= 15 is 0 Å². The van der Waals surface area contributed by atoms with Crippen LogP contribution in [0.4, 0.5) is 0 Å². The van der Waals surface area contributed by atoms with Gasteiger partial charge in [-0.2, -0.15) is 0 Å². The number of allylic oxidation sites excluding steroid dienone is 1. The second-order valence-electron chi connectivity index (χ2n) is 3.14. The van der Waals surface area contributed by atoms with Gasteiger partial charge in [0, 0.05) is 38.1 Å². The molecule has 0 N–H and O–H groups in total. The normalized spacial score (nSPS) is 10.7. The summed E-state index contributed by atoms with van der Waals surface area (Å²) in [4.78, 5) is 17.1. The fourth-order valence-corrected chi connectivity index (χ4v) is 1.14. The lowest BCUT2D eigenvalue weighted by Crippen LogP contribution is -2.03. The third-order valence-corrected chi connectivity index (χ3v) is 2.29. The lowest BCUT2D eigenvalue weighted by atomic mass is 10.2. The number of aromatic nitrogens is 1. The molecule has 0 bridgehead atoms. The summed E-state index contributed by atoms with van der Waals surface area (Å²) in [5, 5.41) is 0.477. The van der Waals surface area contributed by atoms with Crippen LogP contribution in [0.1, 0.15) is 10.4 Å². The van der Waals surface area contributed by atoms with Gasteiger partial charge in [-0.05, 0) is 6.07 Å². The molecule has 0 aliphatic carbocycles. The second kappa shape index (κ2) is 5.14. The Hall–Kier alpha value is -1.06. The van der Waals surface area contributed by atoms with Gasteiger partial charge in [-0.3, -0.25) is 4.79 Å². The highest BCUT2D eigenvalue weighted by atomic mass is 35.5. The van der Waals surface area contributed by atoms with Crippen molar-refractivity contribution < 1.29 is 4.79 Å². The van der Waals surface area contributed by atoms with Crippen molar-refractivity contribution in [1.29, 1.82) is 0 Å². The molecule has 3 nitrogen and oxygen atoms in total. The summed E-state index contributed by atoms with van der Waals surface area (Å²) < 4.78 is 0. The van der Waals surface area contributed by atoms with Gasteiger partial charge in [-0.15, -0.1) is 0 Å². The topological polar surface area (TPSA) is 33.2 Å². The SMILES string of the molecule is CN(C)/C=C/C(=O)c1cnc(Cl)c(Cl)c1. The Kier molecular flexibility index (Phi) is 4.12. The van der Waals surface area contributed by atoms with Crippen molar-refractivity contribution in [2.24, 2.45) is 0 Å². The quantitative estimate of drug-likeness (QED) is 0.466. The summed E-state index contributed by atoms with van der Waals surface area (Å²) in [6, 6.07) is 1.50. The predicted molar refractivity (Wildman–Crippen MR) is 61.4 cm³/mol. The van der Waals surface area contributed by atoms with E-state index in [1.807, 2.05) is 14.1 Å². The Bertz CT molecular complexity index is 402. The molecule has 0 fully saturated rings. The number of hydrogen-bond acceptors (Lipinski definition) is 3. The van der Waals surface area contributed by atoms with Crippen molar-refractivity contribution in [3.05, 3.63) is 40.3 Å². The number of ketones is 1. The molecule has 0 spiro atoms. The van der Waals surface area contributed by atoms with Gasteiger partial charge in [0.05, 0.1) is 5.02 Å². The maximum absolute atomic E-state index is 11.6. The maximum atomic E-state index is 11.6. The van der Waals surface area contributed by atoms with Gasteiger partial charge in [0.15, 0.2) is 5.78 Å². The van der Waals surface area contributed by atoms with Gasteiger partial charge >= 0.3 is 0 Å². The Morgan fingerprint density at radius 2 is 2.13 bits per heavy atom. The Morgan fingerprint density at radius 3 is 2.67 bits per heavy atom. The number of halogens is 2. The fourth-order valence-electron chi connectivity index (χ4n) is 0.869. The Labute approximate surface area is 98.3 Å². The zero-order chi connectivity index (χ0) is 11.4. The van der Waals surface area contributed by atoms with E-state index in [9.17, 15) is 4.79 Å². The Balaban J connectivity index is 2.88. The molecule has 0 aromatic carbocycles. The highest BCUT2D eigenvalue weighted by Gasteiger charge is 2.05. The highest BCUT2D eigenvalue weighted by Crippen LogP contribution is 2.19. The predicted octanol–water partition coefficient (Wildman–Crippen LogP) is 2.65. The van der Waals surface area contributed by atoms with Crippen molar-refractivity contribution in [2.75, 3.05) is 14.1 Å². The number of carbonyl (C=O) groups excluding carboxylic acids is 1. The van der Waals surface area contributed by atoms with Crippen molar-refractivity contribution in [1.82, 2.24) is 9.88 Å². The van der Waals surface area contributed by atoms with Crippen LogP contribution in [0.3, 0.4) is 0 Å². The number of carbonyl (C=O) groups is 1. The zero-order valence-corrected chi connectivity index (χ0v) is 9.88. The van der Waals surface area contributed by atoms with Crippen molar-refractivity contribution in [2.45, 2.75) is 0 Å². The van der Waals surface area contributed by atoms with E-state index in [0.717, 1.165) is 0 Å². The lowest BCUT2D eigenvalue weighted by Gasteiger charge is -2.03. The van der Waals surface area contributed by atoms with Crippen LogP contribution in [0, 0.1) is 0 Å². The molecular weight excluding hydrogens is 235 g/mol. The van der Waals surface area contributed by atoms with E-state index in [1.165, 1.54) is 18.3 Å². The van der Waals surface area contributed by atoms with Crippen LogP contribution < -0.4 is 0 Å². The molecule has 0 amide bonds. The molecule has 0 atom stereocenters. The van der Waals surface area contributed by atoms with E-state index in [-0.39, 0.29) is 16.0 Å². The first-order valence-electron chi connectivity index (χ1n) is 4.20. The molecule has 0 saturated heterocycles. The van der Waals surface area contributed by atoms with Gasteiger partial charge in [0.25, 0.3) is 0 Å². The molecule has 1 heterocycles. The molecule has 0 radical (unpaired) electrons. The molecule has 0 aliphatic heterocycles. The summed E-state index contributed by atoms with van der Waals surface area (Å²) in [6.07, 6.45) is 4.50. The monoisotopic (exact) mass is 244 g/mol. The summed E-state index contributed by atoms with van der Waals surface area (Å²) in [6.45, 7) is 0. The maximum Gasteiger partial charge on any atom is 0.188 e. The molecule has 0 unspecified atom stereocenters. The molecule has 1 rings (SSSR count). The van der Waals surface area contributed by atoms with Gasteiger partial charge in [-0.25, -0.2) is 4.98 Å². The van der Waals surface area contributed by atoms with Gasteiger partial charge in [-0.1, -0.05) is 23.2 Å². The first kappa shape index (κ1) is 12.0. The largest absolute Gasteiger partial charge is 0.383 e. The van der Waals surface area contributed by atoms with Gasteiger partial charge in [0.1, 0.15) is 5.15 Å². The van der Waals surface area contributed by atoms with Crippen molar-refractivity contribution >= 4 is 29.0 Å². The van der Waals surface area contributed by atoms with Crippen molar-refractivity contribution in [3.8, 4) is 0 Å². The summed E-state index contributed by atoms with van der Waals surface area (Å²) in [5.41, 5.74) is 0.419. The molecule has 80 valence electrons. The molecule has 0 aliphatic rings. The van der Waals surface area contributed by atoms with Crippen LogP contribution in [0.5, 0.6) is 0 Å². The van der Waals surface area contributed by atoms with Crippen LogP contribution in [-0.4, -0.2) is 29.8 Å². The molecule has 15 heavy (non-hydrogen) atoms. The molecule has 5 heteroatoms.